The highest BCUT2D eigenvalue weighted by molar-refractivity contribution is 6.30. The fourth-order valence-corrected chi connectivity index (χ4v) is 5.29. The van der Waals surface area contributed by atoms with E-state index < -0.39 is 17.9 Å². The van der Waals surface area contributed by atoms with E-state index in [1.807, 2.05) is 48.2 Å². The molecule has 3 amide bonds. The van der Waals surface area contributed by atoms with Crippen LogP contribution < -0.4 is 10.2 Å². The molecule has 3 aliphatic heterocycles. The van der Waals surface area contributed by atoms with Gasteiger partial charge in [-0.2, -0.15) is 0 Å². The Hall–Kier alpha value is -3.12. The van der Waals surface area contributed by atoms with Crippen LogP contribution in [0.4, 0.5) is 11.4 Å². The first kappa shape index (κ1) is 20.8. The van der Waals surface area contributed by atoms with Crippen LogP contribution >= 0.6 is 11.6 Å². The maximum absolute atomic E-state index is 13.6. The zero-order valence-corrected chi connectivity index (χ0v) is 18.5. The van der Waals surface area contributed by atoms with Crippen molar-refractivity contribution in [2.75, 3.05) is 16.8 Å². The number of benzene rings is 2. The molecule has 7 heteroatoms. The van der Waals surface area contributed by atoms with Gasteiger partial charge in [0, 0.05) is 22.9 Å². The van der Waals surface area contributed by atoms with Crippen molar-refractivity contribution >= 4 is 46.8 Å². The number of unbranched alkanes of at least 4 members (excludes halogenated alkanes) is 1. The van der Waals surface area contributed by atoms with Crippen molar-refractivity contribution in [3.63, 3.8) is 0 Å². The van der Waals surface area contributed by atoms with Gasteiger partial charge in [-0.25, -0.2) is 0 Å². The Morgan fingerprint density at radius 3 is 2.50 bits per heavy atom. The molecular formula is C25H24ClN3O3. The van der Waals surface area contributed by atoms with Crippen LogP contribution in [0.15, 0.2) is 54.6 Å². The van der Waals surface area contributed by atoms with Crippen LogP contribution in [0.1, 0.15) is 25.3 Å². The molecule has 0 aromatic heterocycles. The molecule has 0 radical (unpaired) electrons. The van der Waals surface area contributed by atoms with Gasteiger partial charge in [0.1, 0.15) is 6.04 Å². The third-order valence-corrected chi connectivity index (χ3v) is 6.87. The standard InChI is InChI=1S/C25H24ClN3O3/c1-2-3-14-28-24(31)20-19-13-8-15-6-4-5-7-18(15)29(19)22(21(20)25(28)32)23(30)27-17-11-9-16(26)10-12-17/h4-13,19-22H,2-3,14H2,1H3,(H,27,30)/t19-,20+,21+,22-/m1/s1. The lowest BCUT2D eigenvalue weighted by atomic mass is 9.88. The number of halogens is 1. The number of likely N-dealkylation sites (tertiary alicyclic amines) is 1. The summed E-state index contributed by atoms with van der Waals surface area (Å²) in [7, 11) is 0. The van der Waals surface area contributed by atoms with Gasteiger partial charge < -0.3 is 10.2 Å². The average molecular weight is 450 g/mol. The van der Waals surface area contributed by atoms with Gasteiger partial charge in [-0.05, 0) is 42.3 Å². The fourth-order valence-electron chi connectivity index (χ4n) is 5.16. The Kier molecular flexibility index (Phi) is 5.25. The molecule has 5 rings (SSSR count). The fraction of sp³-hybridized carbons (Fsp3) is 0.320. The lowest BCUT2D eigenvalue weighted by Gasteiger charge is -2.36. The number of hydrogen-bond acceptors (Lipinski definition) is 4. The molecule has 2 aromatic carbocycles. The lowest BCUT2D eigenvalue weighted by Crippen LogP contribution is -2.50. The van der Waals surface area contributed by atoms with Crippen LogP contribution in [0.2, 0.25) is 5.02 Å². The Morgan fingerprint density at radius 2 is 1.75 bits per heavy atom. The predicted molar refractivity (Wildman–Crippen MR) is 124 cm³/mol. The van der Waals surface area contributed by atoms with Crippen molar-refractivity contribution in [3.8, 4) is 0 Å². The van der Waals surface area contributed by atoms with Gasteiger partial charge in [0.15, 0.2) is 0 Å². The van der Waals surface area contributed by atoms with E-state index in [0.29, 0.717) is 17.3 Å². The van der Waals surface area contributed by atoms with Gasteiger partial charge in [-0.15, -0.1) is 0 Å². The van der Waals surface area contributed by atoms with Crippen LogP contribution in [-0.4, -0.2) is 41.2 Å². The number of nitrogens with one attached hydrogen (secondary N) is 1. The van der Waals surface area contributed by atoms with E-state index in [2.05, 4.69) is 5.32 Å². The van der Waals surface area contributed by atoms with E-state index in [9.17, 15) is 14.4 Å². The number of nitrogens with zero attached hydrogens (tertiary/aromatic N) is 2. The third kappa shape index (κ3) is 3.21. The third-order valence-electron chi connectivity index (χ3n) is 6.62. The van der Waals surface area contributed by atoms with Gasteiger partial charge in [0.2, 0.25) is 17.7 Å². The summed E-state index contributed by atoms with van der Waals surface area (Å²) in [5.74, 6) is -2.00. The van der Waals surface area contributed by atoms with Crippen LogP contribution in [0, 0.1) is 11.8 Å². The topological polar surface area (TPSA) is 69.7 Å². The minimum Gasteiger partial charge on any atom is -0.351 e. The molecule has 0 saturated carbocycles. The van der Waals surface area contributed by atoms with Gasteiger partial charge in [0.05, 0.1) is 17.9 Å². The molecule has 0 aliphatic carbocycles. The van der Waals surface area contributed by atoms with Crippen molar-refractivity contribution < 1.29 is 14.4 Å². The molecule has 32 heavy (non-hydrogen) atoms. The molecule has 3 heterocycles. The molecule has 6 nitrogen and oxygen atoms in total. The van der Waals surface area contributed by atoms with Crippen molar-refractivity contribution in [1.29, 1.82) is 0 Å². The number of rotatable bonds is 5. The van der Waals surface area contributed by atoms with E-state index in [0.717, 1.165) is 24.1 Å². The number of imide groups is 1. The summed E-state index contributed by atoms with van der Waals surface area (Å²) >= 11 is 5.97. The molecule has 3 aliphatic rings. The zero-order chi connectivity index (χ0) is 22.4. The summed E-state index contributed by atoms with van der Waals surface area (Å²) in [5, 5.41) is 3.51. The SMILES string of the molecule is CCCCN1C(=O)[C@@H]2[C@H](C1=O)[C@H](C(=O)Nc1ccc(Cl)cc1)N1c3ccccc3C=C[C@H]21. The highest BCUT2D eigenvalue weighted by atomic mass is 35.5. The minimum atomic E-state index is -0.783. The summed E-state index contributed by atoms with van der Waals surface area (Å²) in [4.78, 5) is 43.7. The maximum Gasteiger partial charge on any atom is 0.247 e. The highest BCUT2D eigenvalue weighted by Gasteiger charge is 2.63. The summed E-state index contributed by atoms with van der Waals surface area (Å²) in [6, 6.07) is 13.5. The summed E-state index contributed by atoms with van der Waals surface area (Å²) in [6.07, 6.45) is 5.59. The molecule has 2 fully saturated rings. The summed E-state index contributed by atoms with van der Waals surface area (Å²) < 4.78 is 0. The van der Waals surface area contributed by atoms with E-state index in [1.165, 1.54) is 4.90 Å². The van der Waals surface area contributed by atoms with Crippen LogP contribution in [0.3, 0.4) is 0 Å². The maximum atomic E-state index is 13.6. The van der Waals surface area contributed by atoms with Gasteiger partial charge in [0.25, 0.3) is 0 Å². The van der Waals surface area contributed by atoms with E-state index in [-0.39, 0.29) is 23.8 Å². The van der Waals surface area contributed by atoms with Gasteiger partial charge >= 0.3 is 0 Å². The summed E-state index contributed by atoms with van der Waals surface area (Å²) in [5.41, 5.74) is 2.43. The van der Waals surface area contributed by atoms with Crippen LogP contribution in [0.5, 0.6) is 0 Å². The average Bonchev–Trinajstić information content (AvgIpc) is 3.27. The second-order valence-corrected chi connectivity index (χ2v) is 8.93. The first-order chi connectivity index (χ1) is 15.5. The van der Waals surface area contributed by atoms with E-state index >= 15 is 0 Å². The van der Waals surface area contributed by atoms with Gasteiger partial charge in [-0.3, -0.25) is 19.3 Å². The number of carbonyl (C=O) groups is 3. The van der Waals surface area contributed by atoms with Crippen molar-refractivity contribution in [2.45, 2.75) is 31.8 Å². The van der Waals surface area contributed by atoms with Crippen molar-refractivity contribution in [2.24, 2.45) is 11.8 Å². The Bertz CT molecular complexity index is 1110. The van der Waals surface area contributed by atoms with Crippen molar-refractivity contribution in [1.82, 2.24) is 4.90 Å². The molecule has 164 valence electrons. The normalized spacial score (nSPS) is 25.6. The van der Waals surface area contributed by atoms with Crippen LogP contribution in [-0.2, 0) is 14.4 Å². The summed E-state index contributed by atoms with van der Waals surface area (Å²) in [6.45, 7) is 2.43. The Balaban J connectivity index is 1.55. The molecule has 2 aromatic rings. The highest BCUT2D eigenvalue weighted by Crippen LogP contribution is 2.48. The quantitative estimate of drug-likeness (QED) is 0.701. The minimum absolute atomic E-state index is 0.172. The van der Waals surface area contributed by atoms with Crippen molar-refractivity contribution in [3.05, 3.63) is 65.2 Å². The number of anilines is 2. The molecule has 2 saturated heterocycles. The Morgan fingerprint density at radius 1 is 1.03 bits per heavy atom. The predicted octanol–water partition coefficient (Wildman–Crippen LogP) is 3.96. The Labute approximate surface area is 191 Å². The lowest BCUT2D eigenvalue weighted by molar-refractivity contribution is -0.141. The number of carbonyl (C=O) groups excluding carboxylic acids is 3. The second-order valence-electron chi connectivity index (χ2n) is 8.49. The van der Waals surface area contributed by atoms with E-state index in [4.69, 9.17) is 11.6 Å². The molecule has 1 N–H and O–H groups in total. The number of amides is 3. The molecule has 0 unspecified atom stereocenters. The smallest absolute Gasteiger partial charge is 0.247 e. The van der Waals surface area contributed by atoms with Gasteiger partial charge in [-0.1, -0.05) is 55.3 Å². The number of para-hydroxylation sites is 1. The monoisotopic (exact) mass is 449 g/mol. The zero-order valence-electron chi connectivity index (χ0n) is 17.7. The molecular weight excluding hydrogens is 426 g/mol. The van der Waals surface area contributed by atoms with Crippen LogP contribution in [0.25, 0.3) is 6.08 Å². The number of fused-ring (bicyclic) bond motifs is 5. The van der Waals surface area contributed by atoms with E-state index in [1.54, 1.807) is 24.3 Å². The first-order valence-corrected chi connectivity index (χ1v) is 11.4. The second kappa shape index (κ2) is 8.10. The number of hydrogen-bond donors (Lipinski definition) is 1. The molecule has 0 spiro atoms. The molecule has 4 atom stereocenters. The largest absolute Gasteiger partial charge is 0.351 e. The molecule has 0 bridgehead atoms. The first-order valence-electron chi connectivity index (χ1n) is 11.0.